The highest BCUT2D eigenvalue weighted by atomic mass is 35.5. The highest BCUT2D eigenvalue weighted by Crippen LogP contribution is 2.41. The molecule has 0 bridgehead atoms. The van der Waals surface area contributed by atoms with Gasteiger partial charge >= 0.3 is 0 Å². The van der Waals surface area contributed by atoms with E-state index in [0.717, 1.165) is 11.4 Å². The molecule has 1 aromatic heterocycles. The van der Waals surface area contributed by atoms with Gasteiger partial charge in [0.15, 0.2) is 14.6 Å². The third kappa shape index (κ3) is 4.12. The Morgan fingerprint density at radius 1 is 1.10 bits per heavy atom. The van der Waals surface area contributed by atoms with Gasteiger partial charge in [0.1, 0.15) is 5.82 Å². The van der Waals surface area contributed by atoms with Crippen molar-refractivity contribution in [3.63, 3.8) is 0 Å². The van der Waals surface area contributed by atoms with Crippen LogP contribution in [0.5, 0.6) is 0 Å². The average Bonchev–Trinajstić information content (AvgIpc) is 3.40. The number of halogens is 1. The number of nitrogens with one attached hydrogen (secondary N) is 1. The number of sulfone groups is 1. The Labute approximate surface area is 187 Å². The normalized spacial score (nSPS) is 15.7. The lowest BCUT2D eigenvalue weighted by molar-refractivity contribution is -0.118. The molecule has 2 aromatic carbocycles. The van der Waals surface area contributed by atoms with Crippen LogP contribution in [0.3, 0.4) is 0 Å². The number of carbonyl (C=O) groups is 1. The van der Waals surface area contributed by atoms with E-state index in [-0.39, 0.29) is 4.90 Å². The van der Waals surface area contributed by atoms with E-state index in [1.54, 1.807) is 18.3 Å². The predicted molar refractivity (Wildman–Crippen MR) is 121 cm³/mol. The minimum atomic E-state index is -3.86. The Kier molecular flexibility index (Phi) is 5.90. The van der Waals surface area contributed by atoms with E-state index in [4.69, 9.17) is 11.6 Å². The number of aromatic nitrogens is 2. The van der Waals surface area contributed by atoms with Crippen molar-refractivity contribution in [2.45, 2.75) is 48.8 Å². The number of rotatable bonds is 6. The second kappa shape index (κ2) is 8.48. The number of hydrogen-bond donors (Lipinski definition) is 1. The summed E-state index contributed by atoms with van der Waals surface area (Å²) in [6.07, 6.45) is 5.68. The lowest BCUT2D eigenvalue weighted by Gasteiger charge is -2.27. The number of aryl methyl sites for hydroxylation is 1. The zero-order chi connectivity index (χ0) is 22.1. The Bertz CT molecular complexity index is 1180. The van der Waals surface area contributed by atoms with Crippen LogP contribution >= 0.6 is 11.6 Å². The summed E-state index contributed by atoms with van der Waals surface area (Å²) in [5.74, 6) is 0.450. The number of imidazole rings is 1. The van der Waals surface area contributed by atoms with Crippen molar-refractivity contribution in [3.8, 4) is 0 Å². The molecule has 1 amide bonds. The first-order chi connectivity index (χ1) is 14.8. The molecule has 1 aliphatic rings. The van der Waals surface area contributed by atoms with Gasteiger partial charge in [-0.25, -0.2) is 13.4 Å². The van der Waals surface area contributed by atoms with Gasteiger partial charge in [-0.3, -0.25) is 4.79 Å². The molecule has 0 unspecified atom stereocenters. The van der Waals surface area contributed by atoms with E-state index in [1.165, 1.54) is 24.3 Å². The van der Waals surface area contributed by atoms with E-state index in [2.05, 4.69) is 10.3 Å². The van der Waals surface area contributed by atoms with Gasteiger partial charge in [-0.05, 0) is 61.7 Å². The standard InChI is InChI=1S/C23H24ClN3O3S/c1-17-25-14-15-27(17)16-18-4-8-20(9-5-18)26-22(28)23(12-2-3-13-23)31(29,30)21-10-6-19(24)7-11-21/h4-11,14-15H,2-3,12-13,16H2,1H3,(H,26,28). The summed E-state index contributed by atoms with van der Waals surface area (Å²) in [5.41, 5.74) is 1.64. The van der Waals surface area contributed by atoms with Gasteiger partial charge in [0.05, 0.1) is 4.90 Å². The third-order valence-electron chi connectivity index (χ3n) is 5.95. The maximum absolute atomic E-state index is 13.5. The first-order valence-electron chi connectivity index (χ1n) is 10.2. The molecule has 0 spiro atoms. The first-order valence-corrected chi connectivity index (χ1v) is 12.1. The molecule has 6 nitrogen and oxygen atoms in total. The molecule has 1 heterocycles. The molecule has 1 N–H and O–H groups in total. The summed E-state index contributed by atoms with van der Waals surface area (Å²) in [7, 11) is -3.86. The van der Waals surface area contributed by atoms with Crippen LogP contribution in [0.2, 0.25) is 5.02 Å². The predicted octanol–water partition coefficient (Wildman–Crippen LogP) is 4.62. The Balaban J connectivity index is 1.55. The van der Waals surface area contributed by atoms with Crippen LogP contribution in [0.4, 0.5) is 5.69 Å². The van der Waals surface area contributed by atoms with Gasteiger partial charge in [0, 0.05) is 29.6 Å². The molecule has 1 saturated carbocycles. The number of nitrogens with zero attached hydrogens (tertiary/aromatic N) is 2. The molecule has 162 valence electrons. The Morgan fingerprint density at radius 2 is 1.74 bits per heavy atom. The zero-order valence-electron chi connectivity index (χ0n) is 17.2. The van der Waals surface area contributed by atoms with Crippen LogP contribution in [0.25, 0.3) is 0 Å². The highest BCUT2D eigenvalue weighted by molar-refractivity contribution is 7.93. The summed E-state index contributed by atoms with van der Waals surface area (Å²) in [6.45, 7) is 2.62. The smallest absolute Gasteiger partial charge is 0.246 e. The fourth-order valence-electron chi connectivity index (χ4n) is 4.11. The molecule has 1 fully saturated rings. The van der Waals surface area contributed by atoms with Crippen molar-refractivity contribution in [2.75, 3.05) is 5.32 Å². The summed E-state index contributed by atoms with van der Waals surface area (Å²) < 4.78 is 27.5. The van der Waals surface area contributed by atoms with Crippen LogP contribution < -0.4 is 5.32 Å². The largest absolute Gasteiger partial charge is 0.331 e. The van der Waals surface area contributed by atoms with Gasteiger partial charge < -0.3 is 9.88 Å². The SMILES string of the molecule is Cc1nccn1Cc1ccc(NC(=O)C2(S(=O)(=O)c3ccc(Cl)cc3)CCCC2)cc1. The van der Waals surface area contributed by atoms with E-state index >= 15 is 0 Å². The number of anilines is 1. The van der Waals surface area contributed by atoms with E-state index < -0.39 is 20.5 Å². The Hall–Kier alpha value is -2.64. The van der Waals surface area contributed by atoms with E-state index in [9.17, 15) is 13.2 Å². The molecule has 0 saturated heterocycles. The third-order valence-corrected chi connectivity index (χ3v) is 8.72. The highest BCUT2D eigenvalue weighted by Gasteiger charge is 2.52. The Morgan fingerprint density at radius 3 is 2.32 bits per heavy atom. The molecule has 0 atom stereocenters. The molecule has 8 heteroatoms. The number of benzene rings is 2. The number of hydrogen-bond acceptors (Lipinski definition) is 4. The molecule has 31 heavy (non-hydrogen) atoms. The van der Waals surface area contributed by atoms with E-state index in [1.807, 2.05) is 29.8 Å². The summed E-state index contributed by atoms with van der Waals surface area (Å²) in [4.78, 5) is 17.6. The zero-order valence-corrected chi connectivity index (χ0v) is 18.8. The fraction of sp³-hybridized carbons (Fsp3) is 0.304. The van der Waals surface area contributed by atoms with Crippen LogP contribution in [0.15, 0.2) is 65.8 Å². The fourth-order valence-corrected chi connectivity index (χ4v) is 6.30. The van der Waals surface area contributed by atoms with Crippen molar-refractivity contribution < 1.29 is 13.2 Å². The van der Waals surface area contributed by atoms with Crippen molar-refractivity contribution >= 4 is 33.0 Å². The minimum Gasteiger partial charge on any atom is -0.331 e. The topological polar surface area (TPSA) is 81.1 Å². The molecular weight excluding hydrogens is 434 g/mol. The molecule has 0 radical (unpaired) electrons. The maximum atomic E-state index is 13.5. The number of amides is 1. The quantitative estimate of drug-likeness (QED) is 0.585. The van der Waals surface area contributed by atoms with Gasteiger partial charge in [0.25, 0.3) is 0 Å². The number of carbonyl (C=O) groups excluding carboxylic acids is 1. The first kappa shape index (κ1) is 21.6. The van der Waals surface area contributed by atoms with Crippen LogP contribution in [-0.4, -0.2) is 28.6 Å². The molecule has 3 aromatic rings. The second-order valence-corrected chi connectivity index (χ2v) is 10.6. The molecular formula is C23H24ClN3O3S. The summed E-state index contributed by atoms with van der Waals surface area (Å²) >= 11 is 5.91. The van der Waals surface area contributed by atoms with Gasteiger partial charge in [-0.15, -0.1) is 0 Å². The lowest BCUT2D eigenvalue weighted by atomic mass is 10.1. The van der Waals surface area contributed by atoms with Crippen LogP contribution in [0, 0.1) is 6.92 Å². The van der Waals surface area contributed by atoms with Crippen molar-refractivity contribution in [3.05, 3.63) is 77.3 Å². The van der Waals surface area contributed by atoms with Crippen molar-refractivity contribution in [1.82, 2.24) is 9.55 Å². The molecule has 4 rings (SSSR count). The minimum absolute atomic E-state index is 0.125. The van der Waals surface area contributed by atoms with Gasteiger partial charge in [-0.1, -0.05) is 36.6 Å². The van der Waals surface area contributed by atoms with Crippen LogP contribution in [-0.2, 0) is 21.2 Å². The van der Waals surface area contributed by atoms with Crippen LogP contribution in [0.1, 0.15) is 37.1 Å². The second-order valence-electron chi connectivity index (χ2n) is 7.91. The van der Waals surface area contributed by atoms with Crippen molar-refractivity contribution in [1.29, 1.82) is 0 Å². The summed E-state index contributed by atoms with van der Waals surface area (Å²) in [5, 5.41) is 3.30. The molecule has 1 aliphatic carbocycles. The van der Waals surface area contributed by atoms with E-state index in [0.29, 0.717) is 42.9 Å². The maximum Gasteiger partial charge on any atom is 0.246 e. The lowest BCUT2D eigenvalue weighted by Crippen LogP contribution is -2.47. The van der Waals surface area contributed by atoms with Crippen molar-refractivity contribution in [2.24, 2.45) is 0 Å². The monoisotopic (exact) mass is 457 g/mol. The molecule has 0 aliphatic heterocycles. The van der Waals surface area contributed by atoms with Gasteiger partial charge in [0.2, 0.25) is 5.91 Å². The average molecular weight is 458 g/mol. The van der Waals surface area contributed by atoms with Gasteiger partial charge in [-0.2, -0.15) is 0 Å². The summed E-state index contributed by atoms with van der Waals surface area (Å²) in [6, 6.07) is 13.5.